The summed E-state index contributed by atoms with van der Waals surface area (Å²) in [5.74, 6) is 1.94. The fourth-order valence-electron chi connectivity index (χ4n) is 4.18. The van der Waals surface area contributed by atoms with E-state index >= 15 is 0 Å². The first kappa shape index (κ1) is 26.6. The number of nitrogens with zero attached hydrogens (tertiary/aromatic N) is 2. The number of ether oxygens (including phenoxy) is 2. The molecule has 1 aliphatic heterocycles. The molecule has 1 fully saturated rings. The third-order valence-electron chi connectivity index (χ3n) is 5.79. The number of hydrogen-bond acceptors (Lipinski definition) is 3. The zero-order valence-electron chi connectivity index (χ0n) is 19.4. The summed E-state index contributed by atoms with van der Waals surface area (Å²) < 4.78 is 10.8. The summed E-state index contributed by atoms with van der Waals surface area (Å²) in [7, 11) is 1.71. The lowest BCUT2D eigenvalue weighted by molar-refractivity contribution is 0.0536. The Morgan fingerprint density at radius 2 is 1.72 bits per heavy atom. The fraction of sp³-hybridized carbons (Fsp3) is 0.500. The highest BCUT2D eigenvalue weighted by Crippen LogP contribution is 2.28. The number of rotatable bonds is 11. The zero-order valence-corrected chi connectivity index (χ0v) is 21.7. The van der Waals surface area contributed by atoms with Crippen LogP contribution in [0.1, 0.15) is 36.8 Å². The van der Waals surface area contributed by atoms with E-state index < -0.39 is 0 Å². The van der Waals surface area contributed by atoms with E-state index in [-0.39, 0.29) is 24.0 Å². The van der Waals surface area contributed by atoms with Gasteiger partial charge in [-0.05, 0) is 30.9 Å². The molecule has 176 valence electrons. The van der Waals surface area contributed by atoms with Gasteiger partial charge in [0.25, 0.3) is 0 Å². The van der Waals surface area contributed by atoms with E-state index in [0.29, 0.717) is 25.0 Å². The molecule has 1 N–H and O–H groups in total. The first-order valence-electron chi connectivity index (χ1n) is 11.5. The minimum atomic E-state index is 0. The first-order valence-corrected chi connectivity index (χ1v) is 11.5. The largest absolute Gasteiger partial charge is 0.382 e. The van der Waals surface area contributed by atoms with Crippen LogP contribution >= 0.6 is 24.0 Å². The van der Waals surface area contributed by atoms with Crippen LogP contribution in [0.5, 0.6) is 0 Å². The molecule has 5 nitrogen and oxygen atoms in total. The summed E-state index contributed by atoms with van der Waals surface area (Å²) in [5, 5.41) is 3.49. The summed E-state index contributed by atoms with van der Waals surface area (Å²) in [6.07, 6.45) is 2.13. The molecule has 1 saturated heterocycles. The summed E-state index contributed by atoms with van der Waals surface area (Å²) in [4.78, 5) is 7.38. The molecule has 3 rings (SSSR count). The Balaban J connectivity index is 0.00000363. The second-order valence-electron chi connectivity index (χ2n) is 8.07. The number of benzene rings is 2. The van der Waals surface area contributed by atoms with Crippen molar-refractivity contribution in [2.45, 2.75) is 25.7 Å². The Bertz CT molecular complexity index is 734. The second kappa shape index (κ2) is 15.2. The lowest BCUT2D eigenvalue weighted by Crippen LogP contribution is -2.40. The maximum atomic E-state index is 5.74. The van der Waals surface area contributed by atoms with E-state index in [1.54, 1.807) is 7.11 Å². The van der Waals surface area contributed by atoms with Crippen LogP contribution in [0, 0.1) is 5.92 Å². The number of aliphatic imine (C=N–C) groups is 1. The number of guanidine groups is 1. The van der Waals surface area contributed by atoms with E-state index in [0.717, 1.165) is 51.6 Å². The predicted molar refractivity (Wildman–Crippen MR) is 143 cm³/mol. The quantitative estimate of drug-likeness (QED) is 0.189. The van der Waals surface area contributed by atoms with Crippen molar-refractivity contribution in [1.82, 2.24) is 10.2 Å². The Morgan fingerprint density at radius 1 is 1.06 bits per heavy atom. The van der Waals surface area contributed by atoms with Gasteiger partial charge < -0.3 is 19.7 Å². The molecule has 6 heteroatoms. The van der Waals surface area contributed by atoms with Gasteiger partial charge in [0.15, 0.2) is 5.96 Å². The van der Waals surface area contributed by atoms with Crippen LogP contribution < -0.4 is 5.32 Å². The zero-order chi connectivity index (χ0) is 21.7. The number of nitrogens with one attached hydrogen (secondary N) is 1. The Kier molecular flexibility index (Phi) is 12.7. The van der Waals surface area contributed by atoms with Crippen molar-refractivity contribution in [2.75, 3.05) is 53.1 Å². The Hall–Kier alpha value is -1.64. The predicted octanol–water partition coefficient (Wildman–Crippen LogP) is 4.78. The van der Waals surface area contributed by atoms with E-state index in [1.165, 1.54) is 11.1 Å². The van der Waals surface area contributed by atoms with Gasteiger partial charge in [0.05, 0.1) is 19.8 Å². The maximum Gasteiger partial charge on any atom is 0.193 e. The van der Waals surface area contributed by atoms with Gasteiger partial charge in [0.1, 0.15) is 0 Å². The van der Waals surface area contributed by atoms with Crippen molar-refractivity contribution in [2.24, 2.45) is 10.9 Å². The van der Waals surface area contributed by atoms with Crippen LogP contribution in [-0.4, -0.2) is 64.0 Å². The topological polar surface area (TPSA) is 46.1 Å². The van der Waals surface area contributed by atoms with Crippen LogP contribution in [0.3, 0.4) is 0 Å². The number of halogens is 1. The molecule has 1 heterocycles. The molecule has 0 aliphatic carbocycles. The van der Waals surface area contributed by atoms with Gasteiger partial charge in [-0.2, -0.15) is 0 Å². The molecule has 1 aliphatic rings. The molecule has 2 aromatic rings. The van der Waals surface area contributed by atoms with Crippen molar-refractivity contribution >= 4 is 29.9 Å². The second-order valence-corrected chi connectivity index (χ2v) is 8.07. The van der Waals surface area contributed by atoms with Crippen molar-refractivity contribution in [3.8, 4) is 0 Å². The van der Waals surface area contributed by atoms with E-state index in [1.807, 2.05) is 0 Å². The monoisotopic (exact) mass is 551 g/mol. The number of hydrogen-bond donors (Lipinski definition) is 1. The first-order chi connectivity index (χ1) is 15.3. The molecule has 0 saturated carbocycles. The van der Waals surface area contributed by atoms with Crippen LogP contribution in [0.4, 0.5) is 0 Å². The van der Waals surface area contributed by atoms with Gasteiger partial charge in [0.2, 0.25) is 0 Å². The molecule has 2 aromatic carbocycles. The lowest BCUT2D eigenvalue weighted by Gasteiger charge is -2.22. The van der Waals surface area contributed by atoms with Crippen LogP contribution in [-0.2, 0) is 9.47 Å². The third-order valence-corrected chi connectivity index (χ3v) is 5.79. The number of methoxy groups -OCH3 is 1. The Labute approximate surface area is 210 Å². The normalized spacial score (nSPS) is 16.3. The number of likely N-dealkylation sites (tertiary alicyclic amines) is 1. The minimum absolute atomic E-state index is 0. The molecule has 0 aromatic heterocycles. The van der Waals surface area contributed by atoms with Gasteiger partial charge >= 0.3 is 0 Å². The van der Waals surface area contributed by atoms with Crippen LogP contribution in [0.2, 0.25) is 0 Å². The van der Waals surface area contributed by atoms with Gasteiger partial charge in [-0.3, -0.25) is 4.99 Å². The third kappa shape index (κ3) is 8.37. The standard InChI is InChI=1S/C26H37N3O2.HI/c1-3-27-26(29-17-15-22(20-29)21-31-19-18-30-2)28-16-14-25(23-10-6-4-7-11-23)24-12-8-5-9-13-24;/h4-13,22,25H,3,14-21H2,1-2H3,(H,27,28);1H. The fourth-order valence-corrected chi connectivity index (χ4v) is 4.18. The van der Waals surface area contributed by atoms with Crippen LogP contribution in [0.15, 0.2) is 65.7 Å². The smallest absolute Gasteiger partial charge is 0.193 e. The van der Waals surface area contributed by atoms with E-state index in [9.17, 15) is 0 Å². The summed E-state index contributed by atoms with van der Waals surface area (Å²) in [6.45, 7) is 7.96. The average Bonchev–Trinajstić information content (AvgIpc) is 3.29. The molecular formula is C26H38IN3O2. The highest BCUT2D eigenvalue weighted by molar-refractivity contribution is 14.0. The molecule has 1 unspecified atom stereocenters. The van der Waals surface area contributed by atoms with E-state index in [2.05, 4.69) is 77.8 Å². The van der Waals surface area contributed by atoms with E-state index in [4.69, 9.17) is 14.5 Å². The molecular weight excluding hydrogens is 513 g/mol. The van der Waals surface area contributed by atoms with Crippen molar-refractivity contribution < 1.29 is 9.47 Å². The van der Waals surface area contributed by atoms with Gasteiger partial charge in [-0.15, -0.1) is 24.0 Å². The average molecular weight is 552 g/mol. The van der Waals surface area contributed by atoms with Crippen molar-refractivity contribution in [3.63, 3.8) is 0 Å². The summed E-state index contributed by atoms with van der Waals surface area (Å²) >= 11 is 0. The van der Waals surface area contributed by atoms with Crippen LogP contribution in [0.25, 0.3) is 0 Å². The molecule has 0 bridgehead atoms. The highest BCUT2D eigenvalue weighted by Gasteiger charge is 2.25. The van der Waals surface area contributed by atoms with Crippen molar-refractivity contribution in [3.05, 3.63) is 71.8 Å². The molecule has 0 amide bonds. The minimum Gasteiger partial charge on any atom is -0.382 e. The molecule has 1 atom stereocenters. The Morgan fingerprint density at radius 3 is 2.31 bits per heavy atom. The SMILES string of the molecule is CCNC(=NCCC(c1ccccc1)c1ccccc1)N1CCC(COCCOC)C1.I. The van der Waals surface area contributed by atoms with Gasteiger partial charge in [-0.25, -0.2) is 0 Å². The van der Waals surface area contributed by atoms with Gasteiger partial charge in [0, 0.05) is 45.1 Å². The molecule has 0 spiro atoms. The molecule has 32 heavy (non-hydrogen) atoms. The summed E-state index contributed by atoms with van der Waals surface area (Å²) in [5.41, 5.74) is 2.70. The lowest BCUT2D eigenvalue weighted by atomic mass is 9.89. The summed E-state index contributed by atoms with van der Waals surface area (Å²) in [6, 6.07) is 21.5. The molecule has 0 radical (unpaired) electrons. The van der Waals surface area contributed by atoms with Gasteiger partial charge in [-0.1, -0.05) is 60.7 Å². The van der Waals surface area contributed by atoms with Crippen molar-refractivity contribution in [1.29, 1.82) is 0 Å². The maximum absolute atomic E-state index is 5.74. The highest BCUT2D eigenvalue weighted by atomic mass is 127.